The highest BCUT2D eigenvalue weighted by molar-refractivity contribution is 5.29. The molecule has 0 saturated carbocycles. The molecule has 0 amide bonds. The van der Waals surface area contributed by atoms with E-state index in [0.717, 1.165) is 19.2 Å². The lowest BCUT2D eigenvalue weighted by Gasteiger charge is -2.19. The van der Waals surface area contributed by atoms with Gasteiger partial charge in [0.2, 0.25) is 0 Å². The Morgan fingerprint density at radius 2 is 1.67 bits per heavy atom. The molecule has 2 aromatic rings. The largest absolute Gasteiger partial charge is 0.416 e. The lowest BCUT2D eigenvalue weighted by atomic mass is 9.89. The van der Waals surface area contributed by atoms with E-state index in [1.54, 1.807) is 6.07 Å². The number of halogens is 3. The number of benzene rings is 2. The lowest BCUT2D eigenvalue weighted by molar-refractivity contribution is -0.139. The molecule has 3 rings (SSSR count). The minimum absolute atomic E-state index is 0.0201. The Balaban J connectivity index is 1.61. The van der Waals surface area contributed by atoms with Crippen molar-refractivity contribution >= 4 is 0 Å². The highest BCUT2D eigenvalue weighted by Crippen LogP contribution is 2.33. The fourth-order valence-electron chi connectivity index (χ4n) is 3.24. The maximum absolute atomic E-state index is 13.0. The first-order valence-electron chi connectivity index (χ1n) is 8.04. The Morgan fingerprint density at radius 1 is 0.958 bits per heavy atom. The SMILES string of the molecule is FC(F)(F)c1ccccc1COCC1CNCC1c1ccccc1. The molecule has 2 atom stereocenters. The molecule has 2 nitrogen and oxygen atoms in total. The van der Waals surface area contributed by atoms with Crippen LogP contribution in [0.15, 0.2) is 54.6 Å². The summed E-state index contributed by atoms with van der Waals surface area (Å²) in [6.07, 6.45) is -4.35. The first-order valence-corrected chi connectivity index (χ1v) is 8.04. The summed E-state index contributed by atoms with van der Waals surface area (Å²) in [6, 6.07) is 15.7. The molecule has 0 bridgehead atoms. The maximum atomic E-state index is 13.0. The highest BCUT2D eigenvalue weighted by atomic mass is 19.4. The third-order valence-corrected chi connectivity index (χ3v) is 4.48. The van der Waals surface area contributed by atoms with Crippen molar-refractivity contribution in [3.05, 3.63) is 71.3 Å². The van der Waals surface area contributed by atoms with Gasteiger partial charge >= 0.3 is 6.18 Å². The molecule has 5 heteroatoms. The van der Waals surface area contributed by atoms with Crippen LogP contribution in [-0.4, -0.2) is 19.7 Å². The van der Waals surface area contributed by atoms with Gasteiger partial charge in [-0.1, -0.05) is 48.5 Å². The molecule has 0 radical (unpaired) electrons. The summed E-state index contributed by atoms with van der Waals surface area (Å²) < 4.78 is 44.6. The fourth-order valence-corrected chi connectivity index (χ4v) is 3.24. The Hall–Kier alpha value is -1.85. The van der Waals surface area contributed by atoms with Crippen LogP contribution < -0.4 is 5.32 Å². The van der Waals surface area contributed by atoms with E-state index in [-0.39, 0.29) is 18.1 Å². The van der Waals surface area contributed by atoms with Crippen molar-refractivity contribution in [2.24, 2.45) is 5.92 Å². The summed E-state index contributed by atoms with van der Waals surface area (Å²) in [5.74, 6) is 0.606. The van der Waals surface area contributed by atoms with Crippen LogP contribution in [0, 0.1) is 5.92 Å². The second kappa shape index (κ2) is 7.36. The summed E-state index contributed by atoms with van der Waals surface area (Å²) >= 11 is 0. The summed E-state index contributed by atoms with van der Waals surface area (Å²) in [7, 11) is 0. The molecule has 2 unspecified atom stereocenters. The Morgan fingerprint density at radius 3 is 2.42 bits per heavy atom. The average Bonchev–Trinajstić information content (AvgIpc) is 3.04. The molecule has 1 saturated heterocycles. The fraction of sp³-hybridized carbons (Fsp3) is 0.368. The third-order valence-electron chi connectivity index (χ3n) is 4.48. The van der Waals surface area contributed by atoms with Crippen molar-refractivity contribution < 1.29 is 17.9 Å². The van der Waals surface area contributed by atoms with E-state index in [2.05, 4.69) is 17.4 Å². The smallest absolute Gasteiger partial charge is 0.376 e. The Kier molecular flexibility index (Phi) is 5.21. The zero-order valence-corrected chi connectivity index (χ0v) is 13.2. The van der Waals surface area contributed by atoms with Crippen LogP contribution >= 0.6 is 0 Å². The van der Waals surface area contributed by atoms with Gasteiger partial charge in [0.05, 0.1) is 18.8 Å². The molecule has 128 valence electrons. The predicted molar refractivity (Wildman–Crippen MR) is 86.6 cm³/mol. The van der Waals surface area contributed by atoms with Crippen molar-refractivity contribution in [2.75, 3.05) is 19.7 Å². The van der Waals surface area contributed by atoms with E-state index in [4.69, 9.17) is 4.74 Å². The zero-order chi connectivity index (χ0) is 17.0. The predicted octanol–water partition coefficient (Wildman–Crippen LogP) is 4.23. The molecular formula is C19H20F3NO. The minimum Gasteiger partial charge on any atom is -0.376 e. The van der Waals surface area contributed by atoms with Gasteiger partial charge in [-0.05, 0) is 17.2 Å². The van der Waals surface area contributed by atoms with Gasteiger partial charge in [-0.2, -0.15) is 13.2 Å². The van der Waals surface area contributed by atoms with Crippen LogP contribution in [0.4, 0.5) is 13.2 Å². The molecule has 0 aromatic heterocycles. The van der Waals surface area contributed by atoms with Gasteiger partial charge < -0.3 is 10.1 Å². The standard InChI is InChI=1S/C19H20F3NO/c20-19(21,22)18-9-5-4-8-15(18)12-24-13-16-10-23-11-17(16)14-6-2-1-3-7-14/h1-9,16-17,23H,10-13H2. The second-order valence-electron chi connectivity index (χ2n) is 6.11. The van der Waals surface area contributed by atoms with Gasteiger partial charge in [0.1, 0.15) is 0 Å². The lowest BCUT2D eigenvalue weighted by Crippen LogP contribution is -2.18. The van der Waals surface area contributed by atoms with E-state index < -0.39 is 11.7 Å². The molecule has 0 aliphatic carbocycles. The zero-order valence-electron chi connectivity index (χ0n) is 13.2. The van der Waals surface area contributed by atoms with E-state index in [1.807, 2.05) is 18.2 Å². The van der Waals surface area contributed by atoms with Crippen molar-refractivity contribution in [3.8, 4) is 0 Å². The van der Waals surface area contributed by atoms with E-state index in [0.29, 0.717) is 12.5 Å². The molecule has 1 N–H and O–H groups in total. The van der Waals surface area contributed by atoms with Crippen molar-refractivity contribution in [2.45, 2.75) is 18.7 Å². The van der Waals surface area contributed by atoms with Crippen LogP contribution in [0.3, 0.4) is 0 Å². The first kappa shape index (κ1) is 17.0. The topological polar surface area (TPSA) is 21.3 Å². The van der Waals surface area contributed by atoms with E-state index >= 15 is 0 Å². The van der Waals surface area contributed by atoms with Gasteiger partial charge in [0.15, 0.2) is 0 Å². The number of rotatable bonds is 5. The monoisotopic (exact) mass is 335 g/mol. The number of hydrogen-bond donors (Lipinski definition) is 1. The Labute approximate surface area is 139 Å². The summed E-state index contributed by atoms with van der Waals surface area (Å²) in [6.45, 7) is 2.12. The molecule has 24 heavy (non-hydrogen) atoms. The summed E-state index contributed by atoms with van der Waals surface area (Å²) in [5, 5.41) is 3.35. The van der Waals surface area contributed by atoms with Crippen molar-refractivity contribution in [3.63, 3.8) is 0 Å². The molecule has 1 heterocycles. The van der Waals surface area contributed by atoms with Crippen molar-refractivity contribution in [1.29, 1.82) is 0 Å². The molecule has 1 fully saturated rings. The summed E-state index contributed by atoms with van der Waals surface area (Å²) in [4.78, 5) is 0. The van der Waals surface area contributed by atoms with Crippen LogP contribution in [0.5, 0.6) is 0 Å². The number of nitrogens with one attached hydrogen (secondary N) is 1. The molecule has 2 aromatic carbocycles. The molecule has 0 spiro atoms. The van der Waals surface area contributed by atoms with Crippen LogP contribution in [0.1, 0.15) is 22.6 Å². The van der Waals surface area contributed by atoms with Gasteiger partial charge in [-0.25, -0.2) is 0 Å². The van der Waals surface area contributed by atoms with E-state index in [1.165, 1.54) is 17.7 Å². The Bertz CT molecular complexity index is 657. The molecule has 1 aliphatic heterocycles. The van der Waals surface area contributed by atoms with E-state index in [9.17, 15) is 13.2 Å². The van der Waals surface area contributed by atoms with Crippen LogP contribution in [-0.2, 0) is 17.5 Å². The first-order chi connectivity index (χ1) is 11.6. The highest BCUT2D eigenvalue weighted by Gasteiger charge is 2.33. The van der Waals surface area contributed by atoms with Crippen molar-refractivity contribution in [1.82, 2.24) is 5.32 Å². The molecule has 1 aliphatic rings. The second-order valence-corrected chi connectivity index (χ2v) is 6.11. The van der Waals surface area contributed by atoms with Crippen LogP contribution in [0.2, 0.25) is 0 Å². The molecular weight excluding hydrogens is 315 g/mol. The number of hydrogen-bond acceptors (Lipinski definition) is 2. The van der Waals surface area contributed by atoms with Gasteiger partial charge in [0, 0.05) is 24.9 Å². The minimum atomic E-state index is -4.35. The average molecular weight is 335 g/mol. The van der Waals surface area contributed by atoms with Gasteiger partial charge in [-0.15, -0.1) is 0 Å². The van der Waals surface area contributed by atoms with Gasteiger partial charge in [-0.3, -0.25) is 0 Å². The quantitative estimate of drug-likeness (QED) is 0.883. The third kappa shape index (κ3) is 3.97. The maximum Gasteiger partial charge on any atom is 0.416 e. The number of ether oxygens (including phenoxy) is 1. The van der Waals surface area contributed by atoms with Gasteiger partial charge in [0.25, 0.3) is 0 Å². The normalized spacial score (nSPS) is 21.1. The number of alkyl halides is 3. The summed E-state index contributed by atoms with van der Waals surface area (Å²) in [5.41, 5.74) is 0.813. The van der Waals surface area contributed by atoms with Crippen LogP contribution in [0.25, 0.3) is 0 Å².